The molecule has 0 atom stereocenters. The lowest BCUT2D eigenvalue weighted by Gasteiger charge is -2.03. The second kappa shape index (κ2) is 4.20. The third kappa shape index (κ3) is 2.13. The van der Waals surface area contributed by atoms with Gasteiger partial charge in [0.05, 0.1) is 10.6 Å². The van der Waals surface area contributed by atoms with Gasteiger partial charge in [-0.1, -0.05) is 17.7 Å². The Hall–Kier alpha value is -1.07. The molecule has 0 aliphatic rings. The first kappa shape index (κ1) is 10.4. The molecular formula is C9H6BrClN4. The number of benzene rings is 1. The Morgan fingerprint density at radius 3 is 2.40 bits per heavy atom. The average molecular weight is 286 g/mol. The van der Waals surface area contributed by atoms with E-state index in [0.29, 0.717) is 22.2 Å². The van der Waals surface area contributed by atoms with Crippen LogP contribution in [-0.2, 0) is 0 Å². The first-order valence-corrected chi connectivity index (χ1v) is 5.34. The highest BCUT2D eigenvalue weighted by molar-refractivity contribution is 9.10. The molecule has 0 bridgehead atoms. The zero-order valence-corrected chi connectivity index (χ0v) is 10.1. The van der Waals surface area contributed by atoms with Crippen LogP contribution in [0.1, 0.15) is 5.82 Å². The largest absolute Gasteiger partial charge is 0.206 e. The summed E-state index contributed by atoms with van der Waals surface area (Å²) in [5.74, 6) is 0.944. The SMILES string of the molecule is Cc1nnc(-c2c(Cl)cccc2Br)nn1. The Labute approximate surface area is 99.8 Å². The minimum absolute atomic E-state index is 0.415. The van der Waals surface area contributed by atoms with Crippen molar-refractivity contribution in [1.82, 2.24) is 20.4 Å². The zero-order valence-electron chi connectivity index (χ0n) is 7.78. The third-order valence-corrected chi connectivity index (χ3v) is 2.74. The summed E-state index contributed by atoms with van der Waals surface area (Å²) in [6.45, 7) is 1.73. The maximum atomic E-state index is 6.04. The molecule has 0 radical (unpaired) electrons. The molecule has 0 N–H and O–H groups in total. The van der Waals surface area contributed by atoms with Crippen molar-refractivity contribution in [3.05, 3.63) is 33.5 Å². The molecule has 1 aromatic heterocycles. The van der Waals surface area contributed by atoms with Gasteiger partial charge in [0.1, 0.15) is 0 Å². The van der Waals surface area contributed by atoms with E-state index in [1.807, 2.05) is 12.1 Å². The second-order valence-corrected chi connectivity index (χ2v) is 4.13. The molecule has 2 rings (SSSR count). The smallest absolute Gasteiger partial charge is 0.131 e. The van der Waals surface area contributed by atoms with Gasteiger partial charge in [-0.15, -0.1) is 20.4 Å². The molecule has 0 amide bonds. The van der Waals surface area contributed by atoms with Gasteiger partial charge < -0.3 is 0 Å². The van der Waals surface area contributed by atoms with E-state index < -0.39 is 0 Å². The third-order valence-electron chi connectivity index (χ3n) is 1.77. The molecule has 15 heavy (non-hydrogen) atoms. The van der Waals surface area contributed by atoms with Crippen molar-refractivity contribution in [2.24, 2.45) is 0 Å². The molecule has 6 heteroatoms. The van der Waals surface area contributed by atoms with Crippen molar-refractivity contribution in [2.45, 2.75) is 6.92 Å². The summed E-state index contributed by atoms with van der Waals surface area (Å²) in [7, 11) is 0. The van der Waals surface area contributed by atoms with E-state index in [0.717, 1.165) is 4.47 Å². The van der Waals surface area contributed by atoms with Gasteiger partial charge in [0, 0.05) is 4.47 Å². The highest BCUT2D eigenvalue weighted by atomic mass is 79.9. The molecule has 0 aliphatic carbocycles. The minimum Gasteiger partial charge on any atom is -0.131 e. The van der Waals surface area contributed by atoms with E-state index in [-0.39, 0.29) is 0 Å². The van der Waals surface area contributed by atoms with E-state index in [1.165, 1.54) is 0 Å². The van der Waals surface area contributed by atoms with Crippen molar-refractivity contribution in [3.63, 3.8) is 0 Å². The highest BCUT2D eigenvalue weighted by Crippen LogP contribution is 2.31. The number of nitrogens with zero attached hydrogens (tertiary/aromatic N) is 4. The lowest BCUT2D eigenvalue weighted by molar-refractivity contribution is 0.816. The standard InChI is InChI=1S/C9H6BrClN4/c1-5-12-14-9(15-13-5)8-6(10)3-2-4-7(8)11/h2-4H,1H3. The van der Waals surface area contributed by atoms with Gasteiger partial charge in [-0.2, -0.15) is 0 Å². The topological polar surface area (TPSA) is 51.6 Å². The number of halogens is 2. The van der Waals surface area contributed by atoms with Crippen molar-refractivity contribution >= 4 is 27.5 Å². The van der Waals surface area contributed by atoms with Gasteiger partial charge in [0.2, 0.25) is 5.82 Å². The van der Waals surface area contributed by atoms with E-state index in [1.54, 1.807) is 13.0 Å². The molecule has 0 spiro atoms. The first-order valence-electron chi connectivity index (χ1n) is 4.17. The van der Waals surface area contributed by atoms with Gasteiger partial charge in [-0.05, 0) is 35.0 Å². The summed E-state index contributed by atoms with van der Waals surface area (Å²) in [4.78, 5) is 0. The number of aryl methyl sites for hydroxylation is 1. The van der Waals surface area contributed by atoms with Crippen molar-refractivity contribution in [3.8, 4) is 11.4 Å². The van der Waals surface area contributed by atoms with E-state index >= 15 is 0 Å². The zero-order chi connectivity index (χ0) is 10.8. The van der Waals surface area contributed by atoms with Crippen molar-refractivity contribution in [2.75, 3.05) is 0 Å². The molecule has 1 heterocycles. The quantitative estimate of drug-likeness (QED) is 0.808. The predicted molar refractivity (Wildman–Crippen MR) is 60.5 cm³/mol. The van der Waals surface area contributed by atoms with Crippen LogP contribution in [0.2, 0.25) is 5.02 Å². The highest BCUT2D eigenvalue weighted by Gasteiger charge is 2.11. The van der Waals surface area contributed by atoms with Gasteiger partial charge in [0.25, 0.3) is 0 Å². The fourth-order valence-electron chi connectivity index (χ4n) is 1.09. The Kier molecular flexibility index (Phi) is 2.93. The molecule has 0 unspecified atom stereocenters. The number of aromatic nitrogens is 4. The summed E-state index contributed by atoms with van der Waals surface area (Å²) in [5, 5.41) is 16.1. The van der Waals surface area contributed by atoms with Crippen molar-refractivity contribution < 1.29 is 0 Å². The monoisotopic (exact) mass is 284 g/mol. The molecule has 0 saturated carbocycles. The summed E-state index contributed by atoms with van der Waals surface area (Å²) in [5.41, 5.74) is 0.708. The van der Waals surface area contributed by atoms with Crippen LogP contribution in [0.25, 0.3) is 11.4 Å². The Morgan fingerprint density at radius 1 is 1.13 bits per heavy atom. The summed E-state index contributed by atoms with van der Waals surface area (Å²) >= 11 is 9.42. The van der Waals surface area contributed by atoms with Gasteiger partial charge in [-0.3, -0.25) is 0 Å². The molecule has 0 aliphatic heterocycles. The molecule has 0 saturated heterocycles. The first-order chi connectivity index (χ1) is 7.18. The van der Waals surface area contributed by atoms with Crippen molar-refractivity contribution in [1.29, 1.82) is 0 Å². The van der Waals surface area contributed by atoms with Gasteiger partial charge in [-0.25, -0.2) is 0 Å². The number of hydrogen-bond acceptors (Lipinski definition) is 4. The predicted octanol–water partition coefficient (Wildman–Crippen LogP) is 2.66. The van der Waals surface area contributed by atoms with E-state index in [2.05, 4.69) is 36.3 Å². The van der Waals surface area contributed by atoms with Crippen LogP contribution < -0.4 is 0 Å². The van der Waals surface area contributed by atoms with Crippen LogP contribution in [0.5, 0.6) is 0 Å². The summed E-state index contributed by atoms with van der Waals surface area (Å²) in [6, 6.07) is 5.47. The summed E-state index contributed by atoms with van der Waals surface area (Å²) < 4.78 is 0.822. The average Bonchev–Trinajstić information content (AvgIpc) is 2.20. The molecule has 0 fully saturated rings. The normalized spacial score (nSPS) is 10.3. The van der Waals surface area contributed by atoms with E-state index in [4.69, 9.17) is 11.6 Å². The fraction of sp³-hybridized carbons (Fsp3) is 0.111. The van der Waals surface area contributed by atoms with Crippen LogP contribution in [0.3, 0.4) is 0 Å². The Balaban J connectivity index is 2.58. The van der Waals surface area contributed by atoms with Crippen LogP contribution in [0, 0.1) is 6.92 Å². The van der Waals surface area contributed by atoms with Gasteiger partial charge >= 0.3 is 0 Å². The second-order valence-electron chi connectivity index (χ2n) is 2.87. The summed E-state index contributed by atoms with van der Waals surface area (Å²) in [6.07, 6.45) is 0. The fourth-order valence-corrected chi connectivity index (χ4v) is 2.01. The van der Waals surface area contributed by atoms with Crippen LogP contribution in [0.15, 0.2) is 22.7 Å². The maximum Gasteiger partial charge on any atom is 0.206 e. The minimum atomic E-state index is 0.415. The van der Waals surface area contributed by atoms with Crippen LogP contribution in [-0.4, -0.2) is 20.4 Å². The van der Waals surface area contributed by atoms with E-state index in [9.17, 15) is 0 Å². The lowest BCUT2D eigenvalue weighted by atomic mass is 10.2. The molecule has 76 valence electrons. The Morgan fingerprint density at radius 2 is 1.80 bits per heavy atom. The molecule has 1 aromatic carbocycles. The maximum absolute atomic E-state index is 6.04. The van der Waals surface area contributed by atoms with Crippen LogP contribution in [0.4, 0.5) is 0 Å². The number of hydrogen-bond donors (Lipinski definition) is 0. The van der Waals surface area contributed by atoms with Crippen LogP contribution >= 0.6 is 27.5 Å². The number of rotatable bonds is 1. The lowest BCUT2D eigenvalue weighted by Crippen LogP contribution is -1.99. The molecule has 4 nitrogen and oxygen atoms in total. The van der Waals surface area contributed by atoms with Gasteiger partial charge in [0.15, 0.2) is 5.82 Å². The molecular weight excluding hydrogens is 279 g/mol. The Bertz CT molecular complexity index is 466. The molecule has 2 aromatic rings.